The summed E-state index contributed by atoms with van der Waals surface area (Å²) in [4.78, 5) is 15.2. The molecule has 1 aliphatic heterocycles. The van der Waals surface area contributed by atoms with Crippen molar-refractivity contribution in [3.8, 4) is 6.07 Å². The van der Waals surface area contributed by atoms with E-state index >= 15 is 0 Å². The number of hydrogen-bond donors (Lipinski definition) is 1. The highest BCUT2D eigenvalue weighted by Gasteiger charge is 2.19. The van der Waals surface area contributed by atoms with Gasteiger partial charge in [-0.25, -0.2) is 4.79 Å². The molecule has 1 aromatic rings. The Hall–Kier alpha value is -2.22. The largest absolute Gasteiger partial charge is 0.373 e. The molecule has 0 aliphatic carbocycles. The number of likely N-dealkylation sites (N-methyl/N-ethyl adjacent to an activating group) is 1. The third kappa shape index (κ3) is 2.72. The summed E-state index contributed by atoms with van der Waals surface area (Å²) in [7, 11) is 1.96. The summed E-state index contributed by atoms with van der Waals surface area (Å²) in [5, 5.41) is 11.6. The molecule has 1 heterocycles. The van der Waals surface area contributed by atoms with Gasteiger partial charge in [-0.3, -0.25) is 0 Å². The molecule has 2 amide bonds. The Kier molecular flexibility index (Phi) is 3.68. The third-order valence-corrected chi connectivity index (χ3v) is 3.07. The first-order valence-corrected chi connectivity index (χ1v) is 5.95. The molecular formula is C13H16N4O. The summed E-state index contributed by atoms with van der Waals surface area (Å²) in [6.45, 7) is 2.94. The zero-order valence-corrected chi connectivity index (χ0v) is 10.4. The summed E-state index contributed by atoms with van der Waals surface area (Å²) < 4.78 is 0. The molecule has 18 heavy (non-hydrogen) atoms. The van der Waals surface area contributed by atoms with Crippen molar-refractivity contribution >= 4 is 11.7 Å². The fourth-order valence-electron chi connectivity index (χ4n) is 1.94. The molecule has 0 bridgehead atoms. The summed E-state index contributed by atoms with van der Waals surface area (Å²) in [5.74, 6) is 0. The van der Waals surface area contributed by atoms with Gasteiger partial charge in [0, 0.05) is 38.9 Å². The summed E-state index contributed by atoms with van der Waals surface area (Å²) in [6.07, 6.45) is 0. The van der Waals surface area contributed by atoms with Crippen LogP contribution in [0.3, 0.4) is 0 Å². The monoisotopic (exact) mass is 244 g/mol. The molecule has 1 fully saturated rings. The predicted molar refractivity (Wildman–Crippen MR) is 69.4 cm³/mol. The van der Waals surface area contributed by atoms with Crippen molar-refractivity contribution in [2.75, 3.05) is 38.1 Å². The van der Waals surface area contributed by atoms with Gasteiger partial charge in [-0.05, 0) is 18.2 Å². The van der Waals surface area contributed by atoms with Crippen LogP contribution < -0.4 is 10.2 Å². The van der Waals surface area contributed by atoms with Crippen LogP contribution in [0.4, 0.5) is 10.5 Å². The lowest BCUT2D eigenvalue weighted by molar-refractivity contribution is 0.218. The number of nitrogens with zero attached hydrogens (tertiary/aromatic N) is 3. The quantitative estimate of drug-likeness (QED) is 0.860. The molecule has 0 atom stereocenters. The maximum atomic E-state index is 11.4. The SMILES string of the molecule is CN(CCN1CCNC1=O)c1cccc(C#N)c1. The van der Waals surface area contributed by atoms with E-state index in [1.165, 1.54) is 0 Å². The highest BCUT2D eigenvalue weighted by Crippen LogP contribution is 2.14. The molecule has 94 valence electrons. The fourth-order valence-corrected chi connectivity index (χ4v) is 1.94. The Balaban J connectivity index is 1.93. The molecule has 5 heteroatoms. The fraction of sp³-hybridized carbons (Fsp3) is 0.385. The first kappa shape index (κ1) is 12.2. The van der Waals surface area contributed by atoms with Gasteiger partial charge in [-0.1, -0.05) is 6.07 Å². The Morgan fingerprint density at radius 1 is 1.56 bits per heavy atom. The molecular weight excluding hydrogens is 228 g/mol. The van der Waals surface area contributed by atoms with Crippen LogP contribution in [0.2, 0.25) is 0 Å². The maximum Gasteiger partial charge on any atom is 0.317 e. The maximum absolute atomic E-state index is 11.4. The highest BCUT2D eigenvalue weighted by atomic mass is 16.2. The van der Waals surface area contributed by atoms with E-state index in [1.807, 2.05) is 30.1 Å². The molecule has 0 radical (unpaired) electrons. The van der Waals surface area contributed by atoms with Crippen molar-refractivity contribution in [1.82, 2.24) is 10.2 Å². The number of hydrogen-bond acceptors (Lipinski definition) is 3. The topological polar surface area (TPSA) is 59.4 Å². The van der Waals surface area contributed by atoms with E-state index in [-0.39, 0.29) is 6.03 Å². The van der Waals surface area contributed by atoms with Gasteiger partial charge in [0.15, 0.2) is 0 Å². The van der Waals surface area contributed by atoms with Gasteiger partial charge < -0.3 is 15.1 Å². The number of nitriles is 1. The molecule has 1 aromatic carbocycles. The zero-order chi connectivity index (χ0) is 13.0. The van der Waals surface area contributed by atoms with Crippen LogP contribution in [-0.4, -0.2) is 44.2 Å². The second-order valence-electron chi connectivity index (χ2n) is 4.30. The van der Waals surface area contributed by atoms with Crippen LogP contribution in [0.15, 0.2) is 24.3 Å². The van der Waals surface area contributed by atoms with E-state index in [9.17, 15) is 4.79 Å². The highest BCUT2D eigenvalue weighted by molar-refractivity contribution is 5.76. The molecule has 0 saturated carbocycles. The van der Waals surface area contributed by atoms with Crippen LogP contribution in [0.5, 0.6) is 0 Å². The first-order valence-electron chi connectivity index (χ1n) is 5.95. The number of urea groups is 1. The number of carbonyl (C=O) groups is 1. The van der Waals surface area contributed by atoms with Gasteiger partial charge in [0.05, 0.1) is 11.6 Å². The van der Waals surface area contributed by atoms with Crippen LogP contribution >= 0.6 is 0 Å². The van der Waals surface area contributed by atoms with Gasteiger partial charge in [0.25, 0.3) is 0 Å². The standard InChI is InChI=1S/C13H16N4O/c1-16(7-8-17-6-5-15-13(17)18)12-4-2-3-11(9-12)10-14/h2-4,9H,5-8H2,1H3,(H,15,18). The van der Waals surface area contributed by atoms with Crippen molar-refractivity contribution in [2.45, 2.75) is 0 Å². The number of anilines is 1. The average Bonchev–Trinajstić information content (AvgIpc) is 2.81. The lowest BCUT2D eigenvalue weighted by Crippen LogP contribution is -2.35. The molecule has 0 unspecified atom stereocenters. The van der Waals surface area contributed by atoms with Gasteiger partial charge in [0.1, 0.15) is 0 Å². The van der Waals surface area contributed by atoms with Gasteiger partial charge >= 0.3 is 6.03 Å². The lowest BCUT2D eigenvalue weighted by atomic mass is 10.2. The number of benzene rings is 1. The summed E-state index contributed by atoms with van der Waals surface area (Å²) in [5.41, 5.74) is 1.65. The number of nitrogens with one attached hydrogen (secondary N) is 1. The molecule has 5 nitrogen and oxygen atoms in total. The third-order valence-electron chi connectivity index (χ3n) is 3.07. The van der Waals surface area contributed by atoms with Crippen molar-refractivity contribution < 1.29 is 4.79 Å². The minimum atomic E-state index is 0.00850. The van der Waals surface area contributed by atoms with Crippen LogP contribution in [0, 0.1) is 11.3 Å². The second kappa shape index (κ2) is 5.41. The van der Waals surface area contributed by atoms with E-state index in [0.717, 1.165) is 25.3 Å². The minimum absolute atomic E-state index is 0.00850. The Morgan fingerprint density at radius 2 is 2.39 bits per heavy atom. The van der Waals surface area contributed by atoms with Crippen LogP contribution in [-0.2, 0) is 0 Å². The van der Waals surface area contributed by atoms with E-state index in [2.05, 4.69) is 11.4 Å². The van der Waals surface area contributed by atoms with Crippen molar-refractivity contribution in [3.05, 3.63) is 29.8 Å². The summed E-state index contributed by atoms with van der Waals surface area (Å²) >= 11 is 0. The number of carbonyl (C=O) groups excluding carboxylic acids is 1. The zero-order valence-electron chi connectivity index (χ0n) is 10.4. The van der Waals surface area contributed by atoms with Crippen molar-refractivity contribution in [2.24, 2.45) is 0 Å². The molecule has 0 spiro atoms. The molecule has 1 saturated heterocycles. The van der Waals surface area contributed by atoms with E-state index in [0.29, 0.717) is 12.1 Å². The van der Waals surface area contributed by atoms with Gasteiger partial charge in [0.2, 0.25) is 0 Å². The summed E-state index contributed by atoms with van der Waals surface area (Å²) in [6, 6.07) is 9.60. The molecule has 2 rings (SSSR count). The van der Waals surface area contributed by atoms with E-state index < -0.39 is 0 Å². The average molecular weight is 244 g/mol. The van der Waals surface area contributed by atoms with E-state index in [4.69, 9.17) is 5.26 Å². The van der Waals surface area contributed by atoms with Crippen LogP contribution in [0.25, 0.3) is 0 Å². The number of amides is 2. The van der Waals surface area contributed by atoms with Crippen molar-refractivity contribution in [1.29, 1.82) is 5.26 Å². The van der Waals surface area contributed by atoms with Crippen molar-refractivity contribution in [3.63, 3.8) is 0 Å². The first-order chi connectivity index (χ1) is 8.70. The Morgan fingerprint density at radius 3 is 3.06 bits per heavy atom. The van der Waals surface area contributed by atoms with Crippen LogP contribution in [0.1, 0.15) is 5.56 Å². The smallest absolute Gasteiger partial charge is 0.317 e. The van der Waals surface area contributed by atoms with Gasteiger partial charge in [-0.15, -0.1) is 0 Å². The second-order valence-corrected chi connectivity index (χ2v) is 4.30. The molecule has 1 aliphatic rings. The van der Waals surface area contributed by atoms with E-state index in [1.54, 1.807) is 11.0 Å². The molecule has 1 N–H and O–H groups in total. The predicted octanol–water partition coefficient (Wildman–Crippen LogP) is 1.02. The minimum Gasteiger partial charge on any atom is -0.373 e. The Labute approximate surface area is 107 Å². The lowest BCUT2D eigenvalue weighted by Gasteiger charge is -2.22. The van der Waals surface area contributed by atoms with Gasteiger partial charge in [-0.2, -0.15) is 5.26 Å². The molecule has 0 aromatic heterocycles. The normalized spacial score (nSPS) is 14.2. The Bertz CT molecular complexity index is 480. The number of rotatable bonds is 4.